The van der Waals surface area contributed by atoms with E-state index in [0.717, 1.165) is 5.56 Å². The van der Waals surface area contributed by atoms with E-state index in [1.54, 1.807) is 19.9 Å². The number of aryl methyl sites for hydroxylation is 1. The Bertz CT molecular complexity index is 864. The number of nitrogens with one attached hydrogen (secondary N) is 1. The Labute approximate surface area is 134 Å². The van der Waals surface area contributed by atoms with Crippen molar-refractivity contribution in [3.8, 4) is 0 Å². The molecule has 0 bridgehead atoms. The highest BCUT2D eigenvalue weighted by Crippen LogP contribution is 2.23. The van der Waals surface area contributed by atoms with E-state index in [2.05, 4.69) is 5.32 Å². The maximum Gasteiger partial charge on any atom is 0.238 e. The lowest BCUT2D eigenvalue weighted by Crippen LogP contribution is -2.17. The summed E-state index contributed by atoms with van der Waals surface area (Å²) < 4.78 is 36.1. The third kappa shape index (κ3) is 4.37. The van der Waals surface area contributed by atoms with Crippen LogP contribution in [0.15, 0.2) is 41.3 Å². The quantitative estimate of drug-likeness (QED) is 0.897. The SMILES string of the molecule is Cc1cc(S(N)(=O)=O)cc(NC(=O)Cc2cccc(F)c2)c1C. The lowest BCUT2D eigenvalue weighted by Gasteiger charge is -2.13. The second kappa shape index (κ2) is 6.47. The first-order valence-corrected chi connectivity index (χ1v) is 8.40. The maximum absolute atomic E-state index is 13.1. The third-order valence-electron chi connectivity index (χ3n) is 3.50. The molecule has 2 aromatic rings. The second-order valence-corrected chi connectivity index (χ2v) is 6.87. The van der Waals surface area contributed by atoms with E-state index in [1.165, 1.54) is 30.3 Å². The van der Waals surface area contributed by atoms with Gasteiger partial charge in [0, 0.05) is 5.69 Å². The van der Waals surface area contributed by atoms with Crippen molar-refractivity contribution in [1.82, 2.24) is 0 Å². The average Bonchev–Trinajstić information content (AvgIpc) is 2.42. The van der Waals surface area contributed by atoms with Crippen LogP contribution in [0, 0.1) is 19.7 Å². The van der Waals surface area contributed by atoms with Crippen LogP contribution in [0.2, 0.25) is 0 Å². The Morgan fingerprint density at radius 3 is 2.52 bits per heavy atom. The Kier molecular flexibility index (Phi) is 4.82. The molecule has 23 heavy (non-hydrogen) atoms. The van der Waals surface area contributed by atoms with Crippen molar-refractivity contribution < 1.29 is 17.6 Å². The number of primary sulfonamides is 1. The number of carbonyl (C=O) groups excluding carboxylic acids is 1. The molecule has 7 heteroatoms. The minimum absolute atomic E-state index is 0.0180. The Balaban J connectivity index is 2.25. The Morgan fingerprint density at radius 2 is 1.91 bits per heavy atom. The predicted octanol–water partition coefficient (Wildman–Crippen LogP) is 2.27. The molecule has 2 rings (SSSR count). The predicted molar refractivity (Wildman–Crippen MR) is 86.0 cm³/mol. The maximum atomic E-state index is 13.1. The molecule has 0 unspecified atom stereocenters. The van der Waals surface area contributed by atoms with Gasteiger partial charge >= 0.3 is 0 Å². The van der Waals surface area contributed by atoms with Gasteiger partial charge in [-0.2, -0.15) is 0 Å². The van der Waals surface area contributed by atoms with Gasteiger partial charge < -0.3 is 5.32 Å². The summed E-state index contributed by atoms with van der Waals surface area (Å²) in [5.74, 6) is -0.789. The van der Waals surface area contributed by atoms with Crippen LogP contribution in [0.25, 0.3) is 0 Å². The summed E-state index contributed by atoms with van der Waals surface area (Å²) in [4.78, 5) is 12.0. The number of sulfonamides is 1. The van der Waals surface area contributed by atoms with Gasteiger partial charge in [-0.15, -0.1) is 0 Å². The minimum Gasteiger partial charge on any atom is -0.326 e. The molecule has 0 aliphatic heterocycles. The zero-order valence-corrected chi connectivity index (χ0v) is 13.6. The smallest absolute Gasteiger partial charge is 0.238 e. The van der Waals surface area contributed by atoms with Gasteiger partial charge in [0.2, 0.25) is 15.9 Å². The van der Waals surface area contributed by atoms with Gasteiger partial charge in [0.1, 0.15) is 5.82 Å². The normalized spacial score (nSPS) is 11.3. The zero-order chi connectivity index (χ0) is 17.2. The van der Waals surface area contributed by atoms with E-state index in [1.807, 2.05) is 0 Å². The van der Waals surface area contributed by atoms with E-state index in [9.17, 15) is 17.6 Å². The molecule has 0 spiro atoms. The molecule has 0 aliphatic rings. The van der Waals surface area contributed by atoms with Gasteiger partial charge in [-0.05, 0) is 54.8 Å². The van der Waals surface area contributed by atoms with E-state index in [0.29, 0.717) is 16.8 Å². The molecule has 0 heterocycles. The van der Waals surface area contributed by atoms with Crippen molar-refractivity contribution in [2.45, 2.75) is 25.2 Å². The first-order chi connectivity index (χ1) is 10.7. The Hall–Kier alpha value is -2.25. The molecule has 0 atom stereocenters. The molecule has 0 aliphatic carbocycles. The van der Waals surface area contributed by atoms with Crippen LogP contribution in [0.1, 0.15) is 16.7 Å². The van der Waals surface area contributed by atoms with Crippen LogP contribution in [0.3, 0.4) is 0 Å². The highest BCUT2D eigenvalue weighted by Gasteiger charge is 2.14. The van der Waals surface area contributed by atoms with Gasteiger partial charge in [0.05, 0.1) is 11.3 Å². The summed E-state index contributed by atoms with van der Waals surface area (Å²) in [6.07, 6.45) is -0.0180. The van der Waals surface area contributed by atoms with Gasteiger partial charge in [-0.3, -0.25) is 4.79 Å². The fourth-order valence-corrected chi connectivity index (χ4v) is 2.77. The molecule has 3 N–H and O–H groups in total. The van der Waals surface area contributed by atoms with Crippen molar-refractivity contribution in [2.24, 2.45) is 5.14 Å². The fourth-order valence-electron chi connectivity index (χ4n) is 2.15. The highest BCUT2D eigenvalue weighted by molar-refractivity contribution is 7.89. The molecule has 2 aromatic carbocycles. The molecular formula is C16H17FN2O3S. The van der Waals surface area contributed by atoms with E-state index < -0.39 is 15.8 Å². The summed E-state index contributed by atoms with van der Waals surface area (Å²) in [6.45, 7) is 3.49. The van der Waals surface area contributed by atoms with Crippen LogP contribution >= 0.6 is 0 Å². The number of amides is 1. The minimum atomic E-state index is -3.87. The number of nitrogens with two attached hydrogens (primary N) is 1. The van der Waals surface area contributed by atoms with Gasteiger partial charge in [0.15, 0.2) is 0 Å². The Morgan fingerprint density at radius 1 is 1.22 bits per heavy atom. The first kappa shape index (κ1) is 17.1. The molecular weight excluding hydrogens is 319 g/mol. The molecule has 1 amide bonds. The second-order valence-electron chi connectivity index (χ2n) is 5.31. The highest BCUT2D eigenvalue weighted by atomic mass is 32.2. The number of hydrogen-bond acceptors (Lipinski definition) is 3. The number of anilines is 1. The topological polar surface area (TPSA) is 89.3 Å². The molecule has 0 fully saturated rings. The molecule has 0 aromatic heterocycles. The van der Waals surface area contributed by atoms with Crippen molar-refractivity contribution >= 4 is 21.6 Å². The number of benzene rings is 2. The standard InChI is InChI=1S/C16H17FN2O3S/c1-10-6-14(23(18,21)22)9-15(11(10)2)19-16(20)8-12-4-3-5-13(17)7-12/h3-7,9H,8H2,1-2H3,(H,19,20)(H2,18,21,22). The van der Waals surface area contributed by atoms with Crippen LogP contribution in [0.5, 0.6) is 0 Å². The largest absolute Gasteiger partial charge is 0.326 e. The molecule has 0 saturated heterocycles. The van der Waals surface area contributed by atoms with Crippen molar-refractivity contribution in [1.29, 1.82) is 0 Å². The van der Waals surface area contributed by atoms with Crippen molar-refractivity contribution in [3.63, 3.8) is 0 Å². The van der Waals surface area contributed by atoms with Crippen LogP contribution in [0.4, 0.5) is 10.1 Å². The first-order valence-electron chi connectivity index (χ1n) is 6.85. The van der Waals surface area contributed by atoms with Gasteiger partial charge in [0.25, 0.3) is 0 Å². The van der Waals surface area contributed by atoms with E-state index in [-0.39, 0.29) is 17.2 Å². The third-order valence-corrected chi connectivity index (χ3v) is 4.39. The molecule has 122 valence electrons. The lowest BCUT2D eigenvalue weighted by molar-refractivity contribution is -0.115. The monoisotopic (exact) mass is 336 g/mol. The van der Waals surface area contributed by atoms with Crippen molar-refractivity contribution in [3.05, 3.63) is 58.9 Å². The molecule has 0 saturated carbocycles. The zero-order valence-electron chi connectivity index (χ0n) is 12.8. The number of halogens is 1. The van der Waals surface area contributed by atoms with Crippen LogP contribution in [-0.4, -0.2) is 14.3 Å². The summed E-state index contributed by atoms with van der Waals surface area (Å²) in [6, 6.07) is 8.51. The average molecular weight is 336 g/mol. The lowest BCUT2D eigenvalue weighted by atomic mass is 10.1. The van der Waals surface area contributed by atoms with E-state index in [4.69, 9.17) is 5.14 Å². The number of carbonyl (C=O) groups is 1. The summed E-state index contributed by atoms with van der Waals surface area (Å²) >= 11 is 0. The van der Waals surface area contributed by atoms with Crippen molar-refractivity contribution in [2.75, 3.05) is 5.32 Å². The summed E-state index contributed by atoms with van der Waals surface area (Å²) in [5.41, 5.74) is 2.33. The number of rotatable bonds is 4. The van der Waals surface area contributed by atoms with Crippen LogP contribution < -0.4 is 10.5 Å². The van der Waals surface area contributed by atoms with E-state index >= 15 is 0 Å². The van der Waals surface area contributed by atoms with Crippen LogP contribution in [-0.2, 0) is 21.2 Å². The van der Waals surface area contributed by atoms with Gasteiger partial charge in [-0.25, -0.2) is 17.9 Å². The molecule has 0 radical (unpaired) electrons. The summed E-state index contributed by atoms with van der Waals surface area (Å²) in [5, 5.41) is 7.78. The summed E-state index contributed by atoms with van der Waals surface area (Å²) in [7, 11) is -3.87. The number of hydrogen-bond donors (Lipinski definition) is 2. The fraction of sp³-hybridized carbons (Fsp3) is 0.188. The van der Waals surface area contributed by atoms with Gasteiger partial charge in [-0.1, -0.05) is 12.1 Å². The molecule has 5 nitrogen and oxygen atoms in total.